The quantitative estimate of drug-likeness (QED) is 0.940. The molecule has 2 heterocycles. The van der Waals surface area contributed by atoms with Crippen LogP contribution in [0, 0.1) is 13.8 Å². The van der Waals surface area contributed by atoms with Crippen LogP contribution in [0.15, 0.2) is 12.3 Å². The van der Waals surface area contributed by atoms with Gasteiger partial charge in [0.25, 0.3) is 0 Å². The largest absolute Gasteiger partial charge is 0.324 e. The standard InChI is InChI=1S/C16H25N5/c1-11(17)16-12(2)18-21(13(16)3)10-14-8-9-20(19-14)15-6-4-5-7-15/h8-9,11,15H,4-7,10,17H2,1-3H3. The van der Waals surface area contributed by atoms with Crippen molar-refractivity contribution in [3.05, 3.63) is 34.9 Å². The third-order valence-electron chi connectivity index (χ3n) is 4.57. The predicted molar refractivity (Wildman–Crippen MR) is 83.1 cm³/mol. The van der Waals surface area contributed by atoms with Gasteiger partial charge in [0.1, 0.15) is 0 Å². The Hall–Kier alpha value is -1.62. The summed E-state index contributed by atoms with van der Waals surface area (Å²) in [6.45, 7) is 6.85. The Kier molecular flexibility index (Phi) is 3.85. The maximum Gasteiger partial charge on any atom is 0.0853 e. The van der Waals surface area contributed by atoms with E-state index in [0.717, 1.165) is 29.2 Å². The molecule has 1 unspecified atom stereocenters. The van der Waals surface area contributed by atoms with Crippen molar-refractivity contribution in [2.24, 2.45) is 5.73 Å². The van der Waals surface area contributed by atoms with Crippen LogP contribution in [0.25, 0.3) is 0 Å². The van der Waals surface area contributed by atoms with E-state index in [1.807, 2.05) is 18.5 Å². The van der Waals surface area contributed by atoms with Gasteiger partial charge in [-0.2, -0.15) is 10.2 Å². The molecular formula is C16H25N5. The molecule has 0 amide bonds. The highest BCUT2D eigenvalue weighted by atomic mass is 15.3. The molecule has 0 bridgehead atoms. The first-order valence-corrected chi connectivity index (χ1v) is 7.89. The molecular weight excluding hydrogens is 262 g/mol. The fourth-order valence-electron chi connectivity index (χ4n) is 3.51. The first kappa shape index (κ1) is 14.3. The van der Waals surface area contributed by atoms with Gasteiger partial charge in [0.15, 0.2) is 0 Å². The molecule has 21 heavy (non-hydrogen) atoms. The molecule has 2 N–H and O–H groups in total. The van der Waals surface area contributed by atoms with Gasteiger partial charge in [-0.05, 0) is 39.7 Å². The number of hydrogen-bond donors (Lipinski definition) is 1. The fourth-order valence-corrected chi connectivity index (χ4v) is 3.51. The van der Waals surface area contributed by atoms with E-state index in [2.05, 4.69) is 29.0 Å². The number of nitrogens with two attached hydrogens (primary N) is 1. The highest BCUT2D eigenvalue weighted by molar-refractivity contribution is 5.27. The Labute approximate surface area is 126 Å². The molecule has 5 heteroatoms. The van der Waals surface area contributed by atoms with E-state index in [0.29, 0.717) is 6.04 Å². The van der Waals surface area contributed by atoms with Crippen molar-refractivity contribution in [3.63, 3.8) is 0 Å². The van der Waals surface area contributed by atoms with Crippen LogP contribution in [0.5, 0.6) is 0 Å². The molecule has 114 valence electrons. The number of hydrogen-bond acceptors (Lipinski definition) is 3. The van der Waals surface area contributed by atoms with Gasteiger partial charge in [-0.1, -0.05) is 12.8 Å². The molecule has 0 saturated heterocycles. The summed E-state index contributed by atoms with van der Waals surface area (Å²) < 4.78 is 4.16. The van der Waals surface area contributed by atoms with E-state index in [9.17, 15) is 0 Å². The molecule has 1 atom stereocenters. The minimum absolute atomic E-state index is 0.0230. The lowest BCUT2D eigenvalue weighted by atomic mass is 10.1. The minimum atomic E-state index is 0.0230. The zero-order valence-electron chi connectivity index (χ0n) is 13.2. The molecule has 0 radical (unpaired) electrons. The third-order valence-corrected chi connectivity index (χ3v) is 4.57. The second-order valence-corrected chi connectivity index (χ2v) is 6.26. The molecule has 1 fully saturated rings. The van der Waals surface area contributed by atoms with Crippen LogP contribution in [0.1, 0.15) is 67.3 Å². The zero-order chi connectivity index (χ0) is 15.0. The number of aromatic nitrogens is 4. The van der Waals surface area contributed by atoms with Gasteiger partial charge >= 0.3 is 0 Å². The van der Waals surface area contributed by atoms with Crippen LogP contribution in [-0.2, 0) is 6.54 Å². The predicted octanol–water partition coefficient (Wildman–Crippen LogP) is 2.88. The summed E-state index contributed by atoms with van der Waals surface area (Å²) in [5.74, 6) is 0. The molecule has 0 spiro atoms. The van der Waals surface area contributed by atoms with Gasteiger partial charge in [0.05, 0.1) is 24.0 Å². The molecule has 1 saturated carbocycles. The second kappa shape index (κ2) is 5.64. The van der Waals surface area contributed by atoms with Crippen molar-refractivity contribution in [3.8, 4) is 0 Å². The summed E-state index contributed by atoms with van der Waals surface area (Å²) in [5, 5.41) is 9.36. The summed E-state index contributed by atoms with van der Waals surface area (Å²) in [6.07, 6.45) is 7.29. The smallest absolute Gasteiger partial charge is 0.0853 e. The maximum atomic E-state index is 6.04. The van der Waals surface area contributed by atoms with Gasteiger partial charge in [-0.3, -0.25) is 9.36 Å². The van der Waals surface area contributed by atoms with Gasteiger partial charge in [-0.15, -0.1) is 0 Å². The van der Waals surface area contributed by atoms with Crippen molar-refractivity contribution in [1.29, 1.82) is 0 Å². The second-order valence-electron chi connectivity index (χ2n) is 6.26. The molecule has 1 aliphatic rings. The van der Waals surface area contributed by atoms with E-state index in [-0.39, 0.29) is 6.04 Å². The van der Waals surface area contributed by atoms with Crippen LogP contribution in [0.2, 0.25) is 0 Å². The summed E-state index contributed by atoms with van der Waals surface area (Å²) in [4.78, 5) is 0. The normalized spacial score (nSPS) is 17.5. The van der Waals surface area contributed by atoms with Crippen molar-refractivity contribution in [2.75, 3.05) is 0 Å². The molecule has 5 nitrogen and oxygen atoms in total. The Morgan fingerprint density at radius 1 is 1.29 bits per heavy atom. The average molecular weight is 287 g/mol. The molecule has 0 aliphatic heterocycles. The Bertz CT molecular complexity index is 617. The summed E-state index contributed by atoms with van der Waals surface area (Å²) >= 11 is 0. The van der Waals surface area contributed by atoms with Crippen LogP contribution < -0.4 is 5.73 Å². The highest BCUT2D eigenvalue weighted by Gasteiger charge is 2.19. The monoisotopic (exact) mass is 287 g/mol. The van der Waals surface area contributed by atoms with E-state index < -0.39 is 0 Å². The van der Waals surface area contributed by atoms with Crippen molar-refractivity contribution in [2.45, 2.75) is 65.1 Å². The summed E-state index contributed by atoms with van der Waals surface area (Å²) in [7, 11) is 0. The summed E-state index contributed by atoms with van der Waals surface area (Å²) in [5.41, 5.74) is 10.4. The number of aryl methyl sites for hydroxylation is 1. The SMILES string of the molecule is Cc1nn(Cc2ccn(C3CCCC3)n2)c(C)c1C(C)N. The van der Waals surface area contributed by atoms with Crippen LogP contribution in [-0.4, -0.2) is 19.6 Å². The summed E-state index contributed by atoms with van der Waals surface area (Å²) in [6, 6.07) is 2.73. The molecule has 1 aliphatic carbocycles. The van der Waals surface area contributed by atoms with Gasteiger partial charge in [0.2, 0.25) is 0 Å². The zero-order valence-corrected chi connectivity index (χ0v) is 13.2. The lowest BCUT2D eigenvalue weighted by Gasteiger charge is -2.09. The lowest BCUT2D eigenvalue weighted by molar-refractivity contribution is 0.460. The first-order valence-electron chi connectivity index (χ1n) is 7.89. The molecule has 2 aromatic heterocycles. The fraction of sp³-hybridized carbons (Fsp3) is 0.625. The molecule has 3 rings (SSSR count). The van der Waals surface area contributed by atoms with Crippen LogP contribution >= 0.6 is 0 Å². The van der Waals surface area contributed by atoms with Crippen molar-refractivity contribution in [1.82, 2.24) is 19.6 Å². The minimum Gasteiger partial charge on any atom is -0.324 e. The first-order chi connectivity index (χ1) is 10.1. The number of rotatable bonds is 4. The van der Waals surface area contributed by atoms with E-state index in [1.54, 1.807) is 0 Å². The topological polar surface area (TPSA) is 61.7 Å². The Morgan fingerprint density at radius 2 is 2.00 bits per heavy atom. The lowest BCUT2D eigenvalue weighted by Crippen LogP contribution is -2.10. The molecule has 2 aromatic rings. The Morgan fingerprint density at radius 3 is 2.62 bits per heavy atom. The van der Waals surface area contributed by atoms with Gasteiger partial charge in [0, 0.05) is 23.5 Å². The van der Waals surface area contributed by atoms with Crippen LogP contribution in [0.3, 0.4) is 0 Å². The molecule has 0 aromatic carbocycles. The van der Waals surface area contributed by atoms with Crippen molar-refractivity contribution < 1.29 is 0 Å². The maximum absolute atomic E-state index is 6.04. The average Bonchev–Trinajstić information content (AvgIpc) is 3.11. The van der Waals surface area contributed by atoms with Crippen molar-refractivity contribution >= 4 is 0 Å². The van der Waals surface area contributed by atoms with E-state index in [4.69, 9.17) is 10.8 Å². The third kappa shape index (κ3) is 2.75. The highest BCUT2D eigenvalue weighted by Crippen LogP contribution is 2.28. The van der Waals surface area contributed by atoms with Gasteiger partial charge in [-0.25, -0.2) is 0 Å². The van der Waals surface area contributed by atoms with Crippen LogP contribution in [0.4, 0.5) is 0 Å². The van der Waals surface area contributed by atoms with E-state index in [1.165, 1.54) is 25.7 Å². The Balaban J connectivity index is 1.79. The van der Waals surface area contributed by atoms with Gasteiger partial charge < -0.3 is 5.73 Å². The van der Waals surface area contributed by atoms with E-state index >= 15 is 0 Å². The number of nitrogens with zero attached hydrogens (tertiary/aromatic N) is 4.